The highest BCUT2D eigenvalue weighted by atomic mass is 16.5. The summed E-state index contributed by atoms with van der Waals surface area (Å²) in [6.07, 6.45) is 3.42. The average molecular weight is 390 g/mol. The van der Waals surface area contributed by atoms with E-state index in [9.17, 15) is 4.79 Å². The highest BCUT2D eigenvalue weighted by Crippen LogP contribution is 2.49. The smallest absolute Gasteiger partial charge is 0.252 e. The van der Waals surface area contributed by atoms with Crippen LogP contribution < -0.4 is 5.32 Å². The molecule has 6 nitrogen and oxygen atoms in total. The van der Waals surface area contributed by atoms with Crippen LogP contribution in [0.5, 0.6) is 0 Å². The van der Waals surface area contributed by atoms with Crippen LogP contribution in [0.15, 0.2) is 36.4 Å². The molecule has 2 fully saturated rings. The lowest BCUT2D eigenvalue weighted by Gasteiger charge is -2.44. The third-order valence-electron chi connectivity index (χ3n) is 6.37. The largest absolute Gasteiger partial charge is 0.378 e. The SMILES string of the molecule is Cc1nn(C)c2nc(-c3ccccc3)cc(C(=O)NC3CC4(COC(C)C4)C3)c12. The van der Waals surface area contributed by atoms with Gasteiger partial charge >= 0.3 is 0 Å². The molecule has 1 atom stereocenters. The summed E-state index contributed by atoms with van der Waals surface area (Å²) in [5, 5.41) is 8.58. The zero-order valence-electron chi connectivity index (χ0n) is 17.1. The van der Waals surface area contributed by atoms with Gasteiger partial charge in [0.2, 0.25) is 0 Å². The van der Waals surface area contributed by atoms with Crippen LogP contribution in [-0.4, -0.2) is 39.4 Å². The van der Waals surface area contributed by atoms with Crippen molar-refractivity contribution in [1.82, 2.24) is 20.1 Å². The molecule has 1 aliphatic heterocycles. The summed E-state index contributed by atoms with van der Waals surface area (Å²) < 4.78 is 7.51. The lowest BCUT2D eigenvalue weighted by atomic mass is 9.64. The van der Waals surface area contributed by atoms with Gasteiger partial charge in [0.1, 0.15) is 0 Å². The number of carbonyl (C=O) groups is 1. The van der Waals surface area contributed by atoms with Gasteiger partial charge in [-0.05, 0) is 39.2 Å². The Morgan fingerprint density at radius 2 is 2.00 bits per heavy atom. The maximum Gasteiger partial charge on any atom is 0.252 e. The second-order valence-electron chi connectivity index (χ2n) is 8.73. The molecule has 3 aromatic rings. The Morgan fingerprint density at radius 1 is 1.24 bits per heavy atom. The topological polar surface area (TPSA) is 69.0 Å². The van der Waals surface area contributed by atoms with Gasteiger partial charge in [0.15, 0.2) is 5.65 Å². The number of nitrogens with one attached hydrogen (secondary N) is 1. The first-order valence-electron chi connectivity index (χ1n) is 10.3. The van der Waals surface area contributed by atoms with Crippen LogP contribution in [0.4, 0.5) is 0 Å². The molecule has 1 aliphatic carbocycles. The fourth-order valence-electron chi connectivity index (χ4n) is 5.06. The molecule has 1 saturated heterocycles. The van der Waals surface area contributed by atoms with Crippen molar-refractivity contribution < 1.29 is 9.53 Å². The van der Waals surface area contributed by atoms with Gasteiger partial charge in [0.05, 0.1) is 35.0 Å². The van der Waals surface area contributed by atoms with E-state index in [4.69, 9.17) is 9.72 Å². The number of aryl methyl sites for hydroxylation is 2. The molecular formula is C23H26N4O2. The standard InChI is InChI=1S/C23H26N4O2/c1-14-10-23(13-29-14)11-17(12-23)24-22(28)18-9-19(16-7-5-4-6-8-16)25-21-20(18)15(2)26-27(21)3/h4-9,14,17H,10-13H2,1-3H3,(H,24,28). The van der Waals surface area contributed by atoms with Crippen LogP contribution in [0, 0.1) is 12.3 Å². The third kappa shape index (κ3) is 3.12. The maximum absolute atomic E-state index is 13.3. The number of hydrogen-bond donors (Lipinski definition) is 1. The number of amides is 1. The number of carbonyl (C=O) groups excluding carboxylic acids is 1. The lowest BCUT2D eigenvalue weighted by molar-refractivity contribution is 0.0470. The van der Waals surface area contributed by atoms with E-state index >= 15 is 0 Å². The minimum atomic E-state index is -0.0440. The summed E-state index contributed by atoms with van der Waals surface area (Å²) in [5.74, 6) is -0.0440. The van der Waals surface area contributed by atoms with Crippen LogP contribution in [0.25, 0.3) is 22.3 Å². The number of aromatic nitrogens is 3. The molecule has 6 heteroatoms. The number of fused-ring (bicyclic) bond motifs is 1. The number of pyridine rings is 1. The van der Waals surface area contributed by atoms with Gasteiger partial charge < -0.3 is 10.1 Å². The van der Waals surface area contributed by atoms with E-state index in [2.05, 4.69) is 17.3 Å². The van der Waals surface area contributed by atoms with Crippen molar-refractivity contribution in [3.63, 3.8) is 0 Å². The minimum absolute atomic E-state index is 0.0440. The first-order chi connectivity index (χ1) is 13.9. The second-order valence-corrected chi connectivity index (χ2v) is 8.73. The maximum atomic E-state index is 13.3. The summed E-state index contributed by atoms with van der Waals surface area (Å²) in [7, 11) is 1.87. The highest BCUT2D eigenvalue weighted by Gasteiger charge is 2.49. The number of benzene rings is 1. The molecule has 2 aromatic heterocycles. The molecule has 1 aromatic carbocycles. The fourth-order valence-corrected chi connectivity index (χ4v) is 5.06. The average Bonchev–Trinajstić information content (AvgIpc) is 3.21. The molecular weight excluding hydrogens is 364 g/mol. The van der Waals surface area contributed by atoms with Gasteiger partial charge in [0, 0.05) is 24.1 Å². The van der Waals surface area contributed by atoms with Crippen LogP contribution in [-0.2, 0) is 11.8 Å². The summed E-state index contributed by atoms with van der Waals surface area (Å²) >= 11 is 0. The van der Waals surface area contributed by atoms with Crippen molar-refractivity contribution in [2.24, 2.45) is 12.5 Å². The predicted octanol–water partition coefficient (Wildman–Crippen LogP) is 3.63. The van der Waals surface area contributed by atoms with E-state index < -0.39 is 0 Å². The second kappa shape index (κ2) is 6.66. The van der Waals surface area contributed by atoms with Crippen molar-refractivity contribution in [3.05, 3.63) is 47.7 Å². The van der Waals surface area contributed by atoms with Crippen molar-refractivity contribution in [3.8, 4) is 11.3 Å². The Hall–Kier alpha value is -2.73. The van der Waals surface area contributed by atoms with Gasteiger partial charge in [-0.2, -0.15) is 5.10 Å². The Labute approximate surface area is 170 Å². The summed E-state index contributed by atoms with van der Waals surface area (Å²) in [5.41, 5.74) is 4.25. The Balaban J connectivity index is 1.46. The lowest BCUT2D eigenvalue weighted by Crippen LogP contribution is -2.51. The highest BCUT2D eigenvalue weighted by molar-refractivity contribution is 6.07. The molecule has 1 unspecified atom stereocenters. The predicted molar refractivity (Wildman–Crippen MR) is 112 cm³/mol. The Kier molecular flexibility index (Phi) is 4.21. The van der Waals surface area contributed by atoms with Crippen LogP contribution in [0.3, 0.4) is 0 Å². The third-order valence-corrected chi connectivity index (χ3v) is 6.37. The first-order valence-corrected chi connectivity index (χ1v) is 10.3. The van der Waals surface area contributed by atoms with E-state index in [-0.39, 0.29) is 17.4 Å². The van der Waals surface area contributed by atoms with Crippen molar-refractivity contribution >= 4 is 16.9 Å². The number of nitrogens with zero attached hydrogens (tertiary/aromatic N) is 3. The molecule has 0 bridgehead atoms. The van der Waals surface area contributed by atoms with E-state index in [0.717, 1.165) is 53.9 Å². The van der Waals surface area contributed by atoms with Gasteiger partial charge in [-0.1, -0.05) is 30.3 Å². The van der Waals surface area contributed by atoms with Crippen LogP contribution >= 0.6 is 0 Å². The van der Waals surface area contributed by atoms with Crippen LogP contribution in [0.1, 0.15) is 42.2 Å². The number of ether oxygens (including phenoxy) is 1. The zero-order chi connectivity index (χ0) is 20.2. The van der Waals surface area contributed by atoms with E-state index in [1.165, 1.54) is 0 Å². The molecule has 2 aliphatic rings. The van der Waals surface area contributed by atoms with E-state index in [0.29, 0.717) is 11.7 Å². The van der Waals surface area contributed by atoms with Crippen molar-refractivity contribution in [2.45, 2.75) is 45.3 Å². The summed E-state index contributed by atoms with van der Waals surface area (Å²) in [6, 6.07) is 12.1. The first kappa shape index (κ1) is 18.3. The van der Waals surface area contributed by atoms with Gasteiger partial charge in [-0.15, -0.1) is 0 Å². The molecule has 3 heterocycles. The molecule has 0 radical (unpaired) electrons. The Bertz CT molecular complexity index is 1080. The van der Waals surface area contributed by atoms with Gasteiger partial charge in [0.25, 0.3) is 5.91 Å². The number of hydrogen-bond acceptors (Lipinski definition) is 4. The normalized spacial score (nSPS) is 26.0. The molecule has 5 rings (SSSR count). The summed E-state index contributed by atoms with van der Waals surface area (Å²) in [4.78, 5) is 18.1. The molecule has 1 amide bonds. The molecule has 150 valence electrons. The number of rotatable bonds is 3. The van der Waals surface area contributed by atoms with Crippen LogP contribution in [0.2, 0.25) is 0 Å². The summed E-state index contributed by atoms with van der Waals surface area (Å²) in [6.45, 7) is 4.88. The zero-order valence-corrected chi connectivity index (χ0v) is 17.1. The fraction of sp³-hybridized carbons (Fsp3) is 0.435. The molecule has 1 N–H and O–H groups in total. The van der Waals surface area contributed by atoms with E-state index in [1.54, 1.807) is 4.68 Å². The van der Waals surface area contributed by atoms with Gasteiger partial charge in [-0.3, -0.25) is 9.48 Å². The monoisotopic (exact) mass is 390 g/mol. The van der Waals surface area contributed by atoms with Gasteiger partial charge in [-0.25, -0.2) is 4.98 Å². The minimum Gasteiger partial charge on any atom is -0.378 e. The molecule has 29 heavy (non-hydrogen) atoms. The quantitative estimate of drug-likeness (QED) is 0.741. The van der Waals surface area contributed by atoms with E-state index in [1.807, 2.05) is 50.4 Å². The van der Waals surface area contributed by atoms with Crippen molar-refractivity contribution in [1.29, 1.82) is 0 Å². The van der Waals surface area contributed by atoms with Crippen molar-refractivity contribution in [2.75, 3.05) is 6.61 Å². The Morgan fingerprint density at radius 3 is 2.69 bits per heavy atom. The molecule has 1 saturated carbocycles. The molecule has 1 spiro atoms.